The molecule has 178 valence electrons. The van der Waals surface area contributed by atoms with Crippen LogP contribution < -0.4 is 11.0 Å². The first-order chi connectivity index (χ1) is 16.3. The summed E-state index contributed by atoms with van der Waals surface area (Å²) in [5, 5.41) is 18.6. The van der Waals surface area contributed by atoms with E-state index in [1.807, 2.05) is 23.8 Å². The van der Waals surface area contributed by atoms with E-state index in [-0.39, 0.29) is 17.6 Å². The Kier molecular flexibility index (Phi) is 4.77. The molecule has 4 unspecified atom stereocenters. The number of fused-ring (bicyclic) bond motifs is 4. The topological polar surface area (TPSA) is 115 Å². The Bertz CT molecular complexity index is 1450. The maximum atomic E-state index is 13.4. The first kappa shape index (κ1) is 21.3. The number of aryl methyl sites for hydroxylation is 2. The molecule has 2 fully saturated rings. The maximum absolute atomic E-state index is 13.4. The van der Waals surface area contributed by atoms with Crippen LogP contribution in [0.5, 0.6) is 0 Å². The molecular formula is C24H30N8O2. The highest BCUT2D eigenvalue weighted by Gasteiger charge is 2.46. The van der Waals surface area contributed by atoms with Crippen molar-refractivity contribution in [1.82, 2.24) is 33.7 Å². The highest BCUT2D eigenvalue weighted by atomic mass is 16.3. The summed E-state index contributed by atoms with van der Waals surface area (Å²) in [5.41, 5.74) is 3.27. The largest absolute Gasteiger partial charge is 0.390 e. The van der Waals surface area contributed by atoms with Crippen LogP contribution in [-0.2, 0) is 7.05 Å². The molecular weight excluding hydrogens is 432 g/mol. The van der Waals surface area contributed by atoms with Gasteiger partial charge < -0.3 is 10.4 Å². The van der Waals surface area contributed by atoms with Crippen LogP contribution in [0.4, 0.5) is 11.6 Å². The fourth-order valence-corrected chi connectivity index (χ4v) is 6.21. The van der Waals surface area contributed by atoms with Crippen LogP contribution in [-0.4, -0.2) is 44.4 Å². The Hall–Kier alpha value is -3.27. The Labute approximate surface area is 196 Å². The van der Waals surface area contributed by atoms with Crippen LogP contribution in [0.2, 0.25) is 0 Å². The molecule has 0 amide bonds. The molecule has 2 aliphatic carbocycles. The predicted octanol–water partition coefficient (Wildman–Crippen LogP) is 3.12. The molecule has 2 bridgehead atoms. The number of rotatable bonds is 4. The monoisotopic (exact) mass is 462 g/mol. The molecule has 4 aromatic heterocycles. The minimum atomic E-state index is -0.590. The molecule has 6 rings (SSSR count). The van der Waals surface area contributed by atoms with Gasteiger partial charge in [-0.15, -0.1) is 0 Å². The Morgan fingerprint density at radius 1 is 1.29 bits per heavy atom. The van der Waals surface area contributed by atoms with E-state index in [0.717, 1.165) is 55.4 Å². The van der Waals surface area contributed by atoms with Gasteiger partial charge in [0.25, 0.3) is 0 Å². The van der Waals surface area contributed by atoms with E-state index < -0.39 is 5.60 Å². The third kappa shape index (κ3) is 3.31. The summed E-state index contributed by atoms with van der Waals surface area (Å²) < 4.78 is 5.19. The summed E-state index contributed by atoms with van der Waals surface area (Å²) in [4.78, 5) is 26.9. The average Bonchev–Trinajstić information content (AvgIpc) is 3.36. The number of pyridine rings is 1. The first-order valence-electron chi connectivity index (χ1n) is 12.1. The molecule has 0 aromatic carbocycles. The molecule has 2 saturated carbocycles. The normalized spacial score (nSPS) is 26.9. The summed E-state index contributed by atoms with van der Waals surface area (Å²) >= 11 is 0. The zero-order valence-electron chi connectivity index (χ0n) is 19.8. The average molecular weight is 463 g/mol. The molecule has 10 heteroatoms. The van der Waals surface area contributed by atoms with Crippen molar-refractivity contribution in [2.45, 2.75) is 64.0 Å². The van der Waals surface area contributed by atoms with Crippen molar-refractivity contribution in [2.75, 3.05) is 5.32 Å². The fraction of sp³-hybridized carbons (Fsp3) is 0.542. The number of hydrogen-bond donors (Lipinski definition) is 2. The van der Waals surface area contributed by atoms with Gasteiger partial charge in [-0.25, -0.2) is 19.3 Å². The Morgan fingerprint density at radius 3 is 2.97 bits per heavy atom. The van der Waals surface area contributed by atoms with Gasteiger partial charge in [-0.2, -0.15) is 10.1 Å². The van der Waals surface area contributed by atoms with Crippen molar-refractivity contribution in [2.24, 2.45) is 18.9 Å². The van der Waals surface area contributed by atoms with Crippen molar-refractivity contribution in [3.63, 3.8) is 0 Å². The van der Waals surface area contributed by atoms with Gasteiger partial charge in [-0.3, -0.25) is 9.13 Å². The van der Waals surface area contributed by atoms with Crippen LogP contribution in [0.15, 0.2) is 29.6 Å². The van der Waals surface area contributed by atoms with Crippen LogP contribution in [0.1, 0.15) is 57.1 Å². The quantitative estimate of drug-likeness (QED) is 0.479. The minimum absolute atomic E-state index is 0.0295. The van der Waals surface area contributed by atoms with Crippen LogP contribution in [0, 0.1) is 18.8 Å². The lowest BCUT2D eigenvalue weighted by molar-refractivity contribution is -0.0837. The molecule has 4 heterocycles. The van der Waals surface area contributed by atoms with Crippen molar-refractivity contribution in [1.29, 1.82) is 0 Å². The van der Waals surface area contributed by atoms with E-state index in [9.17, 15) is 9.90 Å². The Balaban J connectivity index is 1.40. The third-order valence-electron chi connectivity index (χ3n) is 8.01. The molecule has 0 spiro atoms. The molecule has 0 radical (unpaired) electrons. The predicted molar refractivity (Wildman–Crippen MR) is 128 cm³/mol. The molecule has 2 aliphatic rings. The number of aromatic nitrogens is 7. The number of nitrogens with one attached hydrogen (secondary N) is 1. The number of imidazole rings is 1. The zero-order valence-corrected chi connectivity index (χ0v) is 19.8. The van der Waals surface area contributed by atoms with Gasteiger partial charge in [-0.1, -0.05) is 13.3 Å². The SMILES string of the molecule is CCC1CC2CC(O)(CCC2n2c(=O)n(C)c3cnc(Nc4cn5ncnc5cc4C)nc32)C1. The molecule has 4 atom stereocenters. The van der Waals surface area contributed by atoms with Gasteiger partial charge in [0.05, 0.1) is 23.7 Å². The standard InChI is InChI=1S/C24H30N8O2/c1-4-15-8-16-10-24(34,9-15)6-5-18(16)32-21-19(30(3)23(32)33)11-25-22(29-21)28-17-12-31-20(7-14(17)2)26-13-27-31/h7,11-13,15-16,18,34H,4-6,8-10H2,1-3H3,(H,25,28,29). The summed E-state index contributed by atoms with van der Waals surface area (Å²) in [6, 6.07) is 1.98. The fourth-order valence-electron chi connectivity index (χ4n) is 6.21. The summed E-state index contributed by atoms with van der Waals surface area (Å²) in [7, 11) is 1.77. The van der Waals surface area contributed by atoms with Gasteiger partial charge in [0.1, 0.15) is 11.8 Å². The van der Waals surface area contributed by atoms with Crippen molar-refractivity contribution < 1.29 is 5.11 Å². The minimum Gasteiger partial charge on any atom is -0.390 e. The highest BCUT2D eigenvalue weighted by molar-refractivity contribution is 5.73. The summed E-state index contributed by atoms with van der Waals surface area (Å²) in [5.74, 6) is 1.19. The number of anilines is 2. The van der Waals surface area contributed by atoms with Crippen LogP contribution in [0.25, 0.3) is 16.8 Å². The van der Waals surface area contributed by atoms with Gasteiger partial charge >= 0.3 is 5.69 Å². The van der Waals surface area contributed by atoms with Crippen LogP contribution in [0.3, 0.4) is 0 Å². The second kappa shape index (κ2) is 7.63. The molecule has 10 nitrogen and oxygen atoms in total. The second-order valence-corrected chi connectivity index (χ2v) is 10.2. The summed E-state index contributed by atoms with van der Waals surface area (Å²) in [6.07, 6.45) is 10.3. The van der Waals surface area contributed by atoms with E-state index in [0.29, 0.717) is 23.0 Å². The zero-order chi connectivity index (χ0) is 23.6. The lowest BCUT2D eigenvalue weighted by atomic mass is 9.63. The molecule has 0 aliphatic heterocycles. The van der Waals surface area contributed by atoms with Gasteiger partial charge in [0.15, 0.2) is 11.3 Å². The van der Waals surface area contributed by atoms with Crippen molar-refractivity contribution >= 4 is 28.4 Å². The van der Waals surface area contributed by atoms with Gasteiger partial charge in [0, 0.05) is 13.1 Å². The molecule has 4 aromatic rings. The van der Waals surface area contributed by atoms with E-state index in [2.05, 4.69) is 27.3 Å². The van der Waals surface area contributed by atoms with Gasteiger partial charge in [0.2, 0.25) is 5.95 Å². The third-order valence-corrected chi connectivity index (χ3v) is 8.01. The number of aliphatic hydroxyl groups is 1. The van der Waals surface area contributed by atoms with E-state index in [1.165, 1.54) is 6.33 Å². The lowest BCUT2D eigenvalue weighted by Crippen LogP contribution is -2.47. The molecule has 0 saturated heterocycles. The smallest absolute Gasteiger partial charge is 0.330 e. The summed E-state index contributed by atoms with van der Waals surface area (Å²) in [6.45, 7) is 4.18. The van der Waals surface area contributed by atoms with E-state index >= 15 is 0 Å². The first-order valence-corrected chi connectivity index (χ1v) is 12.1. The van der Waals surface area contributed by atoms with Crippen molar-refractivity contribution in [3.05, 3.63) is 40.8 Å². The van der Waals surface area contributed by atoms with E-state index in [1.54, 1.807) is 22.3 Å². The van der Waals surface area contributed by atoms with Crippen LogP contribution >= 0.6 is 0 Å². The lowest BCUT2D eigenvalue weighted by Gasteiger charge is -2.48. The maximum Gasteiger partial charge on any atom is 0.330 e. The Morgan fingerprint density at radius 2 is 2.15 bits per heavy atom. The van der Waals surface area contributed by atoms with Gasteiger partial charge in [-0.05, 0) is 62.5 Å². The molecule has 2 N–H and O–H groups in total. The van der Waals surface area contributed by atoms with E-state index in [4.69, 9.17) is 4.98 Å². The second-order valence-electron chi connectivity index (χ2n) is 10.2. The number of hydrogen-bond acceptors (Lipinski definition) is 7. The highest BCUT2D eigenvalue weighted by Crippen LogP contribution is 2.50. The number of nitrogens with zero attached hydrogens (tertiary/aromatic N) is 7. The molecule has 34 heavy (non-hydrogen) atoms. The van der Waals surface area contributed by atoms with Crippen molar-refractivity contribution in [3.8, 4) is 0 Å².